The van der Waals surface area contributed by atoms with Gasteiger partial charge in [0.1, 0.15) is 12.4 Å². The van der Waals surface area contributed by atoms with Crippen LogP contribution >= 0.6 is 0 Å². The molecule has 0 spiro atoms. The van der Waals surface area contributed by atoms with Gasteiger partial charge in [-0.25, -0.2) is 0 Å². The Hall–Kier alpha value is -3.60. The summed E-state index contributed by atoms with van der Waals surface area (Å²) in [5.74, 6) is 0.415. The third kappa shape index (κ3) is 6.21. The van der Waals surface area contributed by atoms with E-state index in [2.05, 4.69) is 5.32 Å². The van der Waals surface area contributed by atoms with Gasteiger partial charge in [-0.3, -0.25) is 9.59 Å². The molecule has 30 heavy (non-hydrogen) atoms. The van der Waals surface area contributed by atoms with Gasteiger partial charge in [0.05, 0.1) is 6.54 Å². The Balaban J connectivity index is 1.49. The van der Waals surface area contributed by atoms with Crippen LogP contribution in [0.3, 0.4) is 0 Å². The van der Waals surface area contributed by atoms with Gasteiger partial charge >= 0.3 is 0 Å². The zero-order chi connectivity index (χ0) is 21.2. The number of benzene rings is 3. The van der Waals surface area contributed by atoms with Crippen LogP contribution < -0.4 is 10.1 Å². The van der Waals surface area contributed by atoms with E-state index in [9.17, 15) is 9.59 Å². The zero-order valence-corrected chi connectivity index (χ0v) is 17.1. The summed E-state index contributed by atoms with van der Waals surface area (Å²) in [6.07, 6.45) is 0. The molecule has 0 saturated heterocycles. The van der Waals surface area contributed by atoms with E-state index in [1.54, 1.807) is 29.2 Å². The van der Waals surface area contributed by atoms with Crippen LogP contribution in [0.25, 0.3) is 0 Å². The number of rotatable bonds is 9. The van der Waals surface area contributed by atoms with Gasteiger partial charge in [0.15, 0.2) is 0 Å². The van der Waals surface area contributed by atoms with Gasteiger partial charge < -0.3 is 15.0 Å². The SMILES string of the molecule is CCN(Cc1ccc(OCc2ccccc2)cc1)C(=O)CNC(=O)c1ccccc1. The summed E-state index contributed by atoms with van der Waals surface area (Å²) in [4.78, 5) is 26.4. The molecule has 0 bridgehead atoms. The van der Waals surface area contributed by atoms with E-state index in [0.29, 0.717) is 25.3 Å². The van der Waals surface area contributed by atoms with Crippen molar-refractivity contribution in [1.29, 1.82) is 0 Å². The Labute approximate surface area is 177 Å². The van der Waals surface area contributed by atoms with Crippen LogP contribution in [0.15, 0.2) is 84.9 Å². The maximum absolute atomic E-state index is 12.5. The fourth-order valence-electron chi connectivity index (χ4n) is 2.99. The highest BCUT2D eigenvalue weighted by Gasteiger charge is 2.14. The molecule has 0 aliphatic carbocycles. The average molecular weight is 402 g/mol. The highest BCUT2D eigenvalue weighted by molar-refractivity contribution is 5.96. The van der Waals surface area contributed by atoms with E-state index in [4.69, 9.17) is 4.74 Å². The molecule has 154 valence electrons. The average Bonchev–Trinajstić information content (AvgIpc) is 2.81. The molecule has 3 aromatic rings. The first-order valence-electron chi connectivity index (χ1n) is 10.0. The van der Waals surface area contributed by atoms with Crippen molar-refractivity contribution in [3.05, 3.63) is 102 Å². The Kier molecular flexibility index (Phi) is 7.61. The van der Waals surface area contributed by atoms with Crippen LogP contribution in [0.2, 0.25) is 0 Å². The smallest absolute Gasteiger partial charge is 0.251 e. The van der Waals surface area contributed by atoms with Gasteiger partial charge in [-0.05, 0) is 42.3 Å². The van der Waals surface area contributed by atoms with Crippen molar-refractivity contribution in [2.75, 3.05) is 13.1 Å². The minimum Gasteiger partial charge on any atom is -0.489 e. The summed E-state index contributed by atoms with van der Waals surface area (Å²) >= 11 is 0. The van der Waals surface area contributed by atoms with Crippen molar-refractivity contribution >= 4 is 11.8 Å². The van der Waals surface area contributed by atoms with Crippen LogP contribution in [-0.2, 0) is 17.9 Å². The first kappa shape index (κ1) is 21.1. The first-order valence-corrected chi connectivity index (χ1v) is 10.0. The van der Waals surface area contributed by atoms with Gasteiger partial charge in [0, 0.05) is 18.7 Å². The molecule has 2 amide bonds. The van der Waals surface area contributed by atoms with E-state index >= 15 is 0 Å². The van der Waals surface area contributed by atoms with Crippen molar-refractivity contribution in [3.8, 4) is 5.75 Å². The van der Waals surface area contributed by atoms with Crippen molar-refractivity contribution in [1.82, 2.24) is 10.2 Å². The van der Waals surface area contributed by atoms with E-state index < -0.39 is 0 Å². The van der Waals surface area contributed by atoms with Crippen LogP contribution in [0.1, 0.15) is 28.4 Å². The Morgan fingerprint density at radius 1 is 0.833 bits per heavy atom. The summed E-state index contributed by atoms with van der Waals surface area (Å²) in [5, 5.41) is 2.69. The summed E-state index contributed by atoms with van der Waals surface area (Å²) in [6, 6.07) is 26.6. The lowest BCUT2D eigenvalue weighted by Crippen LogP contribution is -2.39. The second kappa shape index (κ2) is 10.8. The summed E-state index contributed by atoms with van der Waals surface area (Å²) in [5.41, 5.74) is 2.66. The molecule has 5 heteroatoms. The Morgan fingerprint density at radius 3 is 2.10 bits per heavy atom. The molecule has 0 radical (unpaired) electrons. The molecule has 0 heterocycles. The van der Waals surface area contributed by atoms with E-state index in [-0.39, 0.29) is 18.4 Å². The zero-order valence-electron chi connectivity index (χ0n) is 17.1. The van der Waals surface area contributed by atoms with Crippen molar-refractivity contribution in [2.24, 2.45) is 0 Å². The molecule has 0 aromatic heterocycles. The second-order valence-electron chi connectivity index (χ2n) is 6.87. The van der Waals surface area contributed by atoms with Gasteiger partial charge in [0.2, 0.25) is 5.91 Å². The number of carbonyl (C=O) groups is 2. The normalized spacial score (nSPS) is 10.3. The fourth-order valence-corrected chi connectivity index (χ4v) is 2.99. The standard InChI is InChI=1S/C25H26N2O3/c1-2-27(24(28)17-26-25(29)22-11-7-4-8-12-22)18-20-13-15-23(16-14-20)30-19-21-9-5-3-6-10-21/h3-16H,2,17-19H2,1H3,(H,26,29). The molecule has 0 atom stereocenters. The molecule has 0 aliphatic heterocycles. The van der Waals surface area contributed by atoms with E-state index in [1.165, 1.54) is 0 Å². The largest absolute Gasteiger partial charge is 0.489 e. The number of carbonyl (C=O) groups excluding carboxylic acids is 2. The molecular formula is C25H26N2O3. The minimum atomic E-state index is -0.250. The quantitative estimate of drug-likeness (QED) is 0.588. The third-order valence-electron chi connectivity index (χ3n) is 4.72. The summed E-state index contributed by atoms with van der Waals surface area (Å²) < 4.78 is 5.80. The topological polar surface area (TPSA) is 58.6 Å². The van der Waals surface area contributed by atoms with Gasteiger partial charge in [-0.1, -0.05) is 60.7 Å². The molecule has 1 N–H and O–H groups in total. The summed E-state index contributed by atoms with van der Waals surface area (Å²) in [7, 11) is 0. The molecule has 0 fully saturated rings. The highest BCUT2D eigenvalue weighted by atomic mass is 16.5. The molecule has 0 aliphatic rings. The molecule has 3 aromatic carbocycles. The lowest BCUT2D eigenvalue weighted by Gasteiger charge is -2.21. The lowest BCUT2D eigenvalue weighted by molar-refractivity contribution is -0.130. The minimum absolute atomic E-state index is 0.0279. The number of hydrogen-bond donors (Lipinski definition) is 1. The van der Waals surface area contributed by atoms with Crippen molar-refractivity contribution in [2.45, 2.75) is 20.1 Å². The Morgan fingerprint density at radius 2 is 1.47 bits per heavy atom. The highest BCUT2D eigenvalue weighted by Crippen LogP contribution is 2.15. The number of likely N-dealkylation sites (N-methyl/N-ethyl adjacent to an activating group) is 1. The molecule has 5 nitrogen and oxygen atoms in total. The van der Waals surface area contributed by atoms with Gasteiger partial charge in [0.25, 0.3) is 5.91 Å². The predicted molar refractivity (Wildman–Crippen MR) is 117 cm³/mol. The number of nitrogens with zero attached hydrogens (tertiary/aromatic N) is 1. The fraction of sp³-hybridized carbons (Fsp3) is 0.200. The Bertz CT molecular complexity index is 941. The maximum Gasteiger partial charge on any atom is 0.251 e. The van der Waals surface area contributed by atoms with Crippen molar-refractivity contribution in [3.63, 3.8) is 0 Å². The second-order valence-corrected chi connectivity index (χ2v) is 6.87. The lowest BCUT2D eigenvalue weighted by atomic mass is 10.2. The van der Waals surface area contributed by atoms with Crippen molar-refractivity contribution < 1.29 is 14.3 Å². The molecule has 0 unspecified atom stereocenters. The van der Waals surface area contributed by atoms with Gasteiger partial charge in [-0.15, -0.1) is 0 Å². The van der Waals surface area contributed by atoms with Crippen LogP contribution in [0.5, 0.6) is 5.75 Å². The van der Waals surface area contributed by atoms with E-state index in [0.717, 1.165) is 16.9 Å². The van der Waals surface area contributed by atoms with Gasteiger partial charge in [-0.2, -0.15) is 0 Å². The maximum atomic E-state index is 12.5. The summed E-state index contributed by atoms with van der Waals surface area (Å²) in [6.45, 7) is 3.46. The van der Waals surface area contributed by atoms with E-state index in [1.807, 2.05) is 67.6 Å². The third-order valence-corrected chi connectivity index (χ3v) is 4.72. The number of nitrogens with one attached hydrogen (secondary N) is 1. The molecular weight excluding hydrogens is 376 g/mol. The molecule has 3 rings (SSSR count). The molecule has 0 saturated carbocycles. The van der Waals surface area contributed by atoms with Crippen LogP contribution in [0.4, 0.5) is 0 Å². The van der Waals surface area contributed by atoms with Crippen LogP contribution in [0, 0.1) is 0 Å². The monoisotopic (exact) mass is 402 g/mol. The number of hydrogen-bond acceptors (Lipinski definition) is 3. The predicted octanol–water partition coefficient (Wildman–Crippen LogP) is 4.04. The van der Waals surface area contributed by atoms with Crippen LogP contribution in [-0.4, -0.2) is 29.8 Å². The number of amides is 2. The number of ether oxygens (including phenoxy) is 1. The first-order chi connectivity index (χ1) is 14.7.